The Bertz CT molecular complexity index is 876. The summed E-state index contributed by atoms with van der Waals surface area (Å²) in [7, 11) is 0. The first-order valence-electron chi connectivity index (χ1n) is 11.1. The number of benzene rings is 2. The Kier molecular flexibility index (Phi) is 6.58. The summed E-state index contributed by atoms with van der Waals surface area (Å²) in [6, 6.07) is 13.8. The van der Waals surface area contributed by atoms with Crippen LogP contribution in [0.4, 0.5) is 5.69 Å². The number of ether oxygens (including phenoxy) is 1. The monoisotopic (exact) mass is 408 g/mol. The number of hydrogen-bond donors (Lipinski definition) is 1. The summed E-state index contributed by atoms with van der Waals surface area (Å²) in [5, 5.41) is 9.71. The molecule has 0 aliphatic carbocycles. The maximum Gasteiger partial charge on any atom is 0.254 e. The van der Waals surface area contributed by atoms with Gasteiger partial charge in [-0.05, 0) is 80.5 Å². The van der Waals surface area contributed by atoms with Gasteiger partial charge in [0.05, 0.1) is 13.2 Å². The van der Waals surface area contributed by atoms with Gasteiger partial charge < -0.3 is 19.6 Å². The predicted molar refractivity (Wildman–Crippen MR) is 119 cm³/mol. The highest BCUT2D eigenvalue weighted by molar-refractivity contribution is 5.95. The first-order valence-corrected chi connectivity index (χ1v) is 11.1. The van der Waals surface area contributed by atoms with Gasteiger partial charge in [0.1, 0.15) is 5.75 Å². The lowest BCUT2D eigenvalue weighted by molar-refractivity contribution is 0.0601. The first-order chi connectivity index (χ1) is 14.6. The van der Waals surface area contributed by atoms with Crippen LogP contribution in [0.1, 0.15) is 47.2 Å². The van der Waals surface area contributed by atoms with Crippen LogP contribution in [0.5, 0.6) is 5.75 Å². The minimum absolute atomic E-state index is 0.146. The summed E-state index contributed by atoms with van der Waals surface area (Å²) in [4.78, 5) is 17.8. The number of amides is 1. The number of piperidine rings is 1. The van der Waals surface area contributed by atoms with E-state index in [4.69, 9.17) is 4.74 Å². The van der Waals surface area contributed by atoms with Crippen molar-refractivity contribution in [2.24, 2.45) is 0 Å². The van der Waals surface area contributed by atoms with E-state index in [1.165, 1.54) is 12.1 Å². The Morgan fingerprint density at radius 1 is 1.10 bits per heavy atom. The van der Waals surface area contributed by atoms with E-state index in [1.807, 2.05) is 30.3 Å². The number of rotatable bonds is 5. The third kappa shape index (κ3) is 4.78. The van der Waals surface area contributed by atoms with E-state index in [0.29, 0.717) is 5.75 Å². The Morgan fingerprint density at radius 2 is 1.93 bits per heavy atom. The van der Waals surface area contributed by atoms with Crippen LogP contribution in [-0.4, -0.2) is 54.8 Å². The number of phenols is 1. The molecular weight excluding hydrogens is 376 g/mol. The summed E-state index contributed by atoms with van der Waals surface area (Å²) < 4.78 is 5.46. The lowest BCUT2D eigenvalue weighted by atomic mass is 9.94. The standard InChI is InChI=1S/C25H32N2O3/c1-19-17-21(9-11-24(19)26-13-15-30-16-14-26)25(29)27-12-3-2-6-22(27)10-8-20-5-4-7-23(28)18-20/h4-5,7,9,11,17-18,22,28H,2-3,6,8,10,12-16H2,1H3. The van der Waals surface area contributed by atoms with Crippen molar-refractivity contribution in [3.63, 3.8) is 0 Å². The van der Waals surface area contributed by atoms with Crippen LogP contribution in [0.25, 0.3) is 0 Å². The Hall–Kier alpha value is -2.53. The molecule has 2 aromatic carbocycles. The molecule has 2 fully saturated rings. The third-order valence-corrected chi connectivity index (χ3v) is 6.36. The summed E-state index contributed by atoms with van der Waals surface area (Å²) >= 11 is 0. The molecular formula is C25H32N2O3. The fourth-order valence-corrected chi connectivity index (χ4v) is 4.73. The molecule has 5 nitrogen and oxygen atoms in total. The zero-order valence-electron chi connectivity index (χ0n) is 17.8. The summed E-state index contributed by atoms with van der Waals surface area (Å²) in [5.41, 5.74) is 4.26. The summed E-state index contributed by atoms with van der Waals surface area (Å²) in [5.74, 6) is 0.451. The van der Waals surface area contributed by atoms with Crippen LogP contribution in [0.15, 0.2) is 42.5 Å². The molecule has 30 heavy (non-hydrogen) atoms. The molecule has 0 radical (unpaired) electrons. The number of aromatic hydroxyl groups is 1. The molecule has 160 valence electrons. The third-order valence-electron chi connectivity index (χ3n) is 6.36. The smallest absolute Gasteiger partial charge is 0.254 e. The van der Waals surface area contributed by atoms with Crippen molar-refractivity contribution in [1.29, 1.82) is 0 Å². The van der Waals surface area contributed by atoms with E-state index in [1.54, 1.807) is 6.07 Å². The van der Waals surface area contributed by atoms with Crippen molar-refractivity contribution < 1.29 is 14.6 Å². The molecule has 2 aliphatic rings. The maximum absolute atomic E-state index is 13.4. The van der Waals surface area contributed by atoms with E-state index in [2.05, 4.69) is 22.8 Å². The van der Waals surface area contributed by atoms with Crippen molar-refractivity contribution in [2.45, 2.75) is 45.1 Å². The SMILES string of the molecule is Cc1cc(C(=O)N2CCCCC2CCc2cccc(O)c2)ccc1N1CCOCC1. The normalized spacial score (nSPS) is 19.7. The molecule has 2 aromatic rings. The van der Waals surface area contributed by atoms with Crippen molar-refractivity contribution in [2.75, 3.05) is 37.7 Å². The van der Waals surface area contributed by atoms with Crippen LogP contribution in [0, 0.1) is 6.92 Å². The molecule has 0 saturated carbocycles. The number of anilines is 1. The second-order valence-electron chi connectivity index (χ2n) is 8.46. The zero-order valence-corrected chi connectivity index (χ0v) is 17.8. The van der Waals surface area contributed by atoms with Crippen LogP contribution < -0.4 is 4.90 Å². The van der Waals surface area contributed by atoms with Crippen LogP contribution in [0.3, 0.4) is 0 Å². The fraction of sp³-hybridized carbons (Fsp3) is 0.480. The van der Waals surface area contributed by atoms with E-state index in [-0.39, 0.29) is 11.9 Å². The van der Waals surface area contributed by atoms with E-state index < -0.39 is 0 Å². The van der Waals surface area contributed by atoms with Gasteiger partial charge in [-0.15, -0.1) is 0 Å². The van der Waals surface area contributed by atoms with Gasteiger partial charge in [0.25, 0.3) is 5.91 Å². The quantitative estimate of drug-likeness (QED) is 0.807. The number of aryl methyl sites for hydroxylation is 2. The van der Waals surface area contributed by atoms with Gasteiger partial charge in [-0.25, -0.2) is 0 Å². The molecule has 2 saturated heterocycles. The largest absolute Gasteiger partial charge is 0.508 e. The Balaban J connectivity index is 1.45. The van der Waals surface area contributed by atoms with Gasteiger partial charge in [-0.3, -0.25) is 4.79 Å². The Morgan fingerprint density at radius 3 is 2.70 bits per heavy atom. The van der Waals surface area contributed by atoms with Crippen molar-refractivity contribution >= 4 is 11.6 Å². The highest BCUT2D eigenvalue weighted by Gasteiger charge is 2.27. The van der Waals surface area contributed by atoms with Gasteiger partial charge in [0.2, 0.25) is 0 Å². The van der Waals surface area contributed by atoms with E-state index >= 15 is 0 Å². The van der Waals surface area contributed by atoms with Crippen LogP contribution in [-0.2, 0) is 11.2 Å². The number of phenolic OH excluding ortho intramolecular Hbond substituents is 1. The minimum atomic E-state index is 0.146. The molecule has 0 bridgehead atoms. The maximum atomic E-state index is 13.4. The van der Waals surface area contributed by atoms with Gasteiger partial charge in [0.15, 0.2) is 0 Å². The predicted octanol–water partition coefficient (Wildman–Crippen LogP) is 4.16. The second-order valence-corrected chi connectivity index (χ2v) is 8.46. The molecule has 1 atom stereocenters. The lowest BCUT2D eigenvalue weighted by Crippen LogP contribution is -2.44. The molecule has 5 heteroatoms. The fourth-order valence-electron chi connectivity index (χ4n) is 4.73. The number of nitrogens with zero attached hydrogens (tertiary/aromatic N) is 2. The zero-order chi connectivity index (χ0) is 20.9. The average molecular weight is 409 g/mol. The number of morpholine rings is 1. The van der Waals surface area contributed by atoms with E-state index in [0.717, 1.165) is 75.2 Å². The summed E-state index contributed by atoms with van der Waals surface area (Å²) in [6.07, 6.45) is 5.09. The van der Waals surface area contributed by atoms with Gasteiger partial charge >= 0.3 is 0 Å². The minimum Gasteiger partial charge on any atom is -0.508 e. The molecule has 1 N–H and O–H groups in total. The van der Waals surface area contributed by atoms with Crippen LogP contribution >= 0.6 is 0 Å². The molecule has 0 spiro atoms. The van der Waals surface area contributed by atoms with Gasteiger partial charge in [-0.1, -0.05) is 12.1 Å². The topological polar surface area (TPSA) is 53.0 Å². The molecule has 2 heterocycles. The lowest BCUT2D eigenvalue weighted by Gasteiger charge is -2.36. The van der Waals surface area contributed by atoms with Gasteiger partial charge in [0, 0.05) is 36.9 Å². The number of carbonyl (C=O) groups excluding carboxylic acids is 1. The van der Waals surface area contributed by atoms with Gasteiger partial charge in [-0.2, -0.15) is 0 Å². The van der Waals surface area contributed by atoms with Crippen molar-refractivity contribution in [1.82, 2.24) is 4.90 Å². The highest BCUT2D eigenvalue weighted by atomic mass is 16.5. The van der Waals surface area contributed by atoms with Crippen LogP contribution in [0.2, 0.25) is 0 Å². The number of carbonyl (C=O) groups is 1. The first kappa shape index (κ1) is 20.7. The second kappa shape index (κ2) is 9.52. The molecule has 1 unspecified atom stereocenters. The highest BCUT2D eigenvalue weighted by Crippen LogP contribution is 2.27. The molecule has 0 aromatic heterocycles. The Labute approximate surface area is 179 Å². The molecule has 4 rings (SSSR count). The summed E-state index contributed by atoms with van der Waals surface area (Å²) in [6.45, 7) is 6.24. The molecule has 1 amide bonds. The van der Waals surface area contributed by atoms with Crippen molar-refractivity contribution in [3.8, 4) is 5.75 Å². The average Bonchev–Trinajstić information content (AvgIpc) is 2.78. The number of likely N-dealkylation sites (tertiary alicyclic amines) is 1. The van der Waals surface area contributed by atoms with E-state index in [9.17, 15) is 9.90 Å². The number of hydrogen-bond acceptors (Lipinski definition) is 4. The molecule has 2 aliphatic heterocycles. The van der Waals surface area contributed by atoms with Crippen molar-refractivity contribution in [3.05, 3.63) is 59.2 Å².